The molecule has 0 atom stereocenters. The summed E-state index contributed by atoms with van der Waals surface area (Å²) in [5, 5.41) is 5.77. The van der Waals surface area contributed by atoms with Crippen LogP contribution in [0.3, 0.4) is 0 Å². The third-order valence-corrected chi connectivity index (χ3v) is 7.12. The molecule has 0 radical (unpaired) electrons. The van der Waals surface area contributed by atoms with Crippen LogP contribution in [0.15, 0.2) is 54.6 Å². The summed E-state index contributed by atoms with van der Waals surface area (Å²) in [5.74, 6) is -0.751. The number of sulfonamides is 1. The number of fused-ring (bicyclic) bond motifs is 1. The van der Waals surface area contributed by atoms with Crippen LogP contribution in [0.5, 0.6) is 0 Å². The summed E-state index contributed by atoms with van der Waals surface area (Å²) in [6, 6.07) is 17.5. The predicted molar refractivity (Wildman–Crippen MR) is 160 cm³/mol. The van der Waals surface area contributed by atoms with Crippen molar-refractivity contribution in [2.45, 2.75) is 19.8 Å². The number of rotatable bonds is 10. The van der Waals surface area contributed by atoms with E-state index in [1.165, 1.54) is 0 Å². The molecular formula is C29H36N6O4S. The highest BCUT2D eigenvalue weighted by Gasteiger charge is 2.24. The molecule has 0 spiro atoms. The van der Waals surface area contributed by atoms with E-state index in [4.69, 9.17) is 9.84 Å². The minimum atomic E-state index is -3.79. The lowest BCUT2D eigenvalue weighted by Crippen LogP contribution is -2.30. The van der Waals surface area contributed by atoms with Gasteiger partial charge in [-0.05, 0) is 53.4 Å². The Kier molecular flexibility index (Phi) is 8.45. The number of carbonyl (C=O) groups is 1. The first-order chi connectivity index (χ1) is 18.9. The normalized spacial score (nSPS) is 11.7. The van der Waals surface area contributed by atoms with Gasteiger partial charge < -0.3 is 14.5 Å². The first-order valence-electron chi connectivity index (χ1n) is 12.9. The second-order valence-electron chi connectivity index (χ2n) is 10.3. The standard InChI is InChI=1S/C29H36N6O4S/c1-19(2)27-26-24(20-11-13-21(14-12-20)34(5)15-16-39-6)18-25(29(36)32-40(7,37)38)30-28(26)35(31-27)23-10-8-9-22(17-23)33(3)4/h8-14,17-19H,15-16H2,1-7H3,(H,32,36). The number of likely N-dealkylation sites (N-methyl/N-ethyl adjacent to an activating group) is 1. The van der Waals surface area contributed by atoms with Gasteiger partial charge >= 0.3 is 0 Å². The number of aromatic nitrogens is 3. The van der Waals surface area contributed by atoms with Crippen molar-refractivity contribution in [3.63, 3.8) is 0 Å². The molecule has 212 valence electrons. The molecule has 0 aliphatic carbocycles. The Hall–Kier alpha value is -3.96. The maximum atomic E-state index is 13.1. The van der Waals surface area contributed by atoms with Gasteiger partial charge in [-0.2, -0.15) is 5.10 Å². The molecule has 0 bridgehead atoms. The molecule has 2 aromatic carbocycles. The van der Waals surface area contributed by atoms with E-state index in [9.17, 15) is 13.2 Å². The summed E-state index contributed by atoms with van der Waals surface area (Å²) >= 11 is 0. The zero-order chi connectivity index (χ0) is 29.2. The van der Waals surface area contributed by atoms with Crippen LogP contribution < -0.4 is 14.5 Å². The number of methoxy groups -OCH3 is 1. The van der Waals surface area contributed by atoms with E-state index >= 15 is 0 Å². The van der Waals surface area contributed by atoms with Crippen molar-refractivity contribution in [3.8, 4) is 16.8 Å². The highest BCUT2D eigenvalue weighted by molar-refractivity contribution is 7.89. The lowest BCUT2D eigenvalue weighted by Gasteiger charge is -2.19. The molecule has 0 saturated carbocycles. The van der Waals surface area contributed by atoms with Crippen LogP contribution in [0.2, 0.25) is 0 Å². The third-order valence-electron chi connectivity index (χ3n) is 6.56. The Morgan fingerprint density at radius 2 is 1.75 bits per heavy atom. The van der Waals surface area contributed by atoms with Gasteiger partial charge in [-0.1, -0.05) is 32.0 Å². The molecule has 0 aliphatic heterocycles. The van der Waals surface area contributed by atoms with E-state index < -0.39 is 15.9 Å². The minimum absolute atomic E-state index is 0.0190. The van der Waals surface area contributed by atoms with Crippen LogP contribution >= 0.6 is 0 Å². The highest BCUT2D eigenvalue weighted by Crippen LogP contribution is 2.36. The molecule has 1 amide bonds. The number of benzene rings is 2. The summed E-state index contributed by atoms with van der Waals surface area (Å²) < 4.78 is 32.8. The number of carbonyl (C=O) groups excluding carboxylic acids is 1. The molecule has 0 saturated heterocycles. The topological polar surface area (TPSA) is 110 Å². The fourth-order valence-corrected chi connectivity index (χ4v) is 4.89. The number of pyridine rings is 1. The van der Waals surface area contributed by atoms with E-state index in [1.807, 2.05) is 74.6 Å². The molecule has 2 heterocycles. The van der Waals surface area contributed by atoms with Gasteiger partial charge in [-0.25, -0.2) is 22.8 Å². The van der Waals surface area contributed by atoms with Crippen LogP contribution in [-0.4, -0.2) is 76.7 Å². The van der Waals surface area contributed by atoms with Crippen LogP contribution in [0.1, 0.15) is 35.9 Å². The number of hydrogen-bond donors (Lipinski definition) is 1. The van der Waals surface area contributed by atoms with E-state index in [2.05, 4.69) is 28.5 Å². The van der Waals surface area contributed by atoms with E-state index in [0.29, 0.717) is 12.3 Å². The maximum absolute atomic E-state index is 13.1. The summed E-state index contributed by atoms with van der Waals surface area (Å²) in [6.45, 7) is 5.46. The Balaban J connectivity index is 1.98. The van der Waals surface area contributed by atoms with Crippen LogP contribution in [0.25, 0.3) is 27.8 Å². The minimum Gasteiger partial charge on any atom is -0.383 e. The molecule has 4 rings (SSSR count). The fraction of sp³-hybridized carbons (Fsp3) is 0.345. The molecule has 40 heavy (non-hydrogen) atoms. The first kappa shape index (κ1) is 29.0. The number of anilines is 2. The second kappa shape index (κ2) is 11.6. The Labute approximate surface area is 235 Å². The van der Waals surface area contributed by atoms with Crippen molar-refractivity contribution in [1.82, 2.24) is 19.5 Å². The summed E-state index contributed by atoms with van der Waals surface area (Å²) in [6.07, 6.45) is 0.941. The molecule has 10 nitrogen and oxygen atoms in total. The van der Waals surface area contributed by atoms with Crippen molar-refractivity contribution in [2.75, 3.05) is 57.5 Å². The SMILES string of the molecule is COCCN(C)c1ccc(-c2cc(C(=O)NS(C)(=O)=O)nc3c2c(C(C)C)nn3-c2cccc(N(C)C)c2)cc1. The fourth-order valence-electron chi connectivity index (χ4n) is 4.45. The lowest BCUT2D eigenvalue weighted by atomic mass is 9.97. The zero-order valence-corrected chi connectivity index (χ0v) is 24.8. The van der Waals surface area contributed by atoms with Gasteiger partial charge in [0.2, 0.25) is 10.0 Å². The molecule has 2 aromatic heterocycles. The average molecular weight is 565 g/mol. The quantitative estimate of drug-likeness (QED) is 0.307. The van der Waals surface area contributed by atoms with Crippen molar-refractivity contribution < 1.29 is 17.9 Å². The number of nitrogens with zero attached hydrogens (tertiary/aromatic N) is 5. The monoisotopic (exact) mass is 564 g/mol. The summed E-state index contributed by atoms with van der Waals surface area (Å²) in [5.41, 5.74) is 5.64. The molecule has 11 heteroatoms. The van der Waals surface area contributed by atoms with Gasteiger partial charge in [0, 0.05) is 46.2 Å². The van der Waals surface area contributed by atoms with Crippen molar-refractivity contribution in [3.05, 3.63) is 66.0 Å². The molecule has 0 unspecified atom stereocenters. The van der Waals surface area contributed by atoms with Crippen molar-refractivity contribution in [2.24, 2.45) is 0 Å². The second-order valence-corrected chi connectivity index (χ2v) is 12.0. The van der Waals surface area contributed by atoms with E-state index in [1.54, 1.807) is 17.9 Å². The maximum Gasteiger partial charge on any atom is 0.283 e. The highest BCUT2D eigenvalue weighted by atomic mass is 32.2. The number of nitrogens with one attached hydrogen (secondary N) is 1. The summed E-state index contributed by atoms with van der Waals surface area (Å²) in [7, 11) is 3.79. The number of hydrogen-bond acceptors (Lipinski definition) is 8. The third kappa shape index (κ3) is 6.26. The van der Waals surface area contributed by atoms with Gasteiger partial charge in [0.1, 0.15) is 5.69 Å². The smallest absolute Gasteiger partial charge is 0.283 e. The van der Waals surface area contributed by atoms with E-state index in [-0.39, 0.29) is 11.6 Å². The Morgan fingerprint density at radius 3 is 2.35 bits per heavy atom. The average Bonchev–Trinajstić information content (AvgIpc) is 3.30. The first-order valence-corrected chi connectivity index (χ1v) is 14.8. The largest absolute Gasteiger partial charge is 0.383 e. The van der Waals surface area contributed by atoms with Gasteiger partial charge in [0.25, 0.3) is 5.91 Å². The predicted octanol–water partition coefficient (Wildman–Crippen LogP) is 4.05. The Morgan fingerprint density at radius 1 is 1.05 bits per heavy atom. The van der Waals surface area contributed by atoms with Crippen molar-refractivity contribution in [1.29, 1.82) is 0 Å². The summed E-state index contributed by atoms with van der Waals surface area (Å²) in [4.78, 5) is 21.8. The molecular weight excluding hydrogens is 528 g/mol. The zero-order valence-electron chi connectivity index (χ0n) is 24.0. The lowest BCUT2D eigenvalue weighted by molar-refractivity contribution is 0.0977. The van der Waals surface area contributed by atoms with Gasteiger partial charge in [-0.15, -0.1) is 0 Å². The molecule has 4 aromatic rings. The molecule has 0 fully saturated rings. The Bertz CT molecular complexity index is 1630. The van der Waals surface area contributed by atoms with Crippen LogP contribution in [-0.2, 0) is 14.8 Å². The van der Waals surface area contributed by atoms with Gasteiger partial charge in [-0.3, -0.25) is 4.79 Å². The molecule has 1 N–H and O–H groups in total. The van der Waals surface area contributed by atoms with E-state index in [0.717, 1.165) is 52.1 Å². The van der Waals surface area contributed by atoms with Crippen LogP contribution in [0, 0.1) is 0 Å². The van der Waals surface area contributed by atoms with Crippen molar-refractivity contribution >= 4 is 38.3 Å². The molecule has 0 aliphatic rings. The van der Waals surface area contributed by atoms with Crippen LogP contribution in [0.4, 0.5) is 11.4 Å². The van der Waals surface area contributed by atoms with Gasteiger partial charge in [0.05, 0.1) is 29.6 Å². The number of amides is 1. The number of ether oxygens (including phenoxy) is 1. The van der Waals surface area contributed by atoms with Gasteiger partial charge in [0.15, 0.2) is 5.65 Å².